The highest BCUT2D eigenvalue weighted by molar-refractivity contribution is 5.99. The maximum absolute atomic E-state index is 12.3. The molecule has 1 aliphatic heterocycles. The van der Waals surface area contributed by atoms with E-state index in [-0.39, 0.29) is 23.1 Å². The molecular weight excluding hydrogens is 270 g/mol. The number of amides is 1. The molecule has 0 radical (unpaired) electrons. The summed E-state index contributed by atoms with van der Waals surface area (Å²) in [5, 5.41) is 22.3. The lowest BCUT2D eigenvalue weighted by Crippen LogP contribution is -2.32. The average Bonchev–Trinajstić information content (AvgIpc) is 2.47. The fourth-order valence-corrected chi connectivity index (χ4v) is 2.48. The highest BCUT2D eigenvalue weighted by Gasteiger charge is 2.25. The monoisotopic (exact) mass is 285 g/mol. The van der Waals surface area contributed by atoms with Crippen LogP contribution in [-0.4, -0.2) is 22.7 Å². The average molecular weight is 285 g/mol. The summed E-state index contributed by atoms with van der Waals surface area (Å²) in [5.74, 6) is -0.247. The number of aromatic hydroxyl groups is 2. The van der Waals surface area contributed by atoms with Crippen molar-refractivity contribution in [1.82, 2.24) is 5.32 Å². The molecule has 1 aliphatic rings. The van der Waals surface area contributed by atoms with Crippen LogP contribution < -0.4 is 10.1 Å². The van der Waals surface area contributed by atoms with Gasteiger partial charge in [-0.15, -0.1) is 0 Å². The van der Waals surface area contributed by atoms with Gasteiger partial charge in [-0.05, 0) is 18.2 Å². The number of phenols is 2. The number of phenolic OH excluding ortho intramolecular Hbond substituents is 2. The van der Waals surface area contributed by atoms with Crippen molar-refractivity contribution in [2.24, 2.45) is 0 Å². The minimum atomic E-state index is -0.507. The van der Waals surface area contributed by atoms with Crippen molar-refractivity contribution in [3.05, 3.63) is 53.6 Å². The van der Waals surface area contributed by atoms with Gasteiger partial charge < -0.3 is 20.3 Å². The van der Waals surface area contributed by atoms with Gasteiger partial charge in [0.05, 0.1) is 12.6 Å². The van der Waals surface area contributed by atoms with Crippen molar-refractivity contribution in [3.8, 4) is 17.2 Å². The SMILES string of the molecule is O=C(NC1CCOc2ccccc21)c1c(O)cccc1O. The number of para-hydroxylation sites is 1. The molecule has 2 aromatic rings. The number of hydrogen-bond donors (Lipinski definition) is 3. The number of benzene rings is 2. The van der Waals surface area contributed by atoms with Gasteiger partial charge in [0.2, 0.25) is 0 Å². The van der Waals surface area contributed by atoms with Gasteiger partial charge in [0, 0.05) is 12.0 Å². The van der Waals surface area contributed by atoms with Crippen LogP contribution in [0.3, 0.4) is 0 Å². The quantitative estimate of drug-likeness (QED) is 0.791. The topological polar surface area (TPSA) is 78.8 Å². The molecule has 2 aromatic carbocycles. The first-order chi connectivity index (χ1) is 10.2. The molecule has 0 aromatic heterocycles. The molecule has 5 heteroatoms. The summed E-state index contributed by atoms with van der Waals surface area (Å²) in [4.78, 5) is 12.3. The molecule has 3 N–H and O–H groups in total. The van der Waals surface area contributed by atoms with Crippen molar-refractivity contribution >= 4 is 5.91 Å². The Balaban J connectivity index is 1.86. The van der Waals surface area contributed by atoms with E-state index < -0.39 is 5.91 Å². The van der Waals surface area contributed by atoms with E-state index >= 15 is 0 Å². The normalized spacial score (nSPS) is 16.7. The van der Waals surface area contributed by atoms with Gasteiger partial charge in [-0.25, -0.2) is 0 Å². The molecule has 0 aliphatic carbocycles. The standard InChI is InChI=1S/C16H15NO4/c18-12-5-3-6-13(19)15(12)16(20)17-11-8-9-21-14-7-2-1-4-10(11)14/h1-7,11,18-19H,8-9H2,(H,17,20). The first-order valence-corrected chi connectivity index (χ1v) is 6.70. The lowest BCUT2D eigenvalue weighted by molar-refractivity contribution is 0.0919. The second-order valence-corrected chi connectivity index (χ2v) is 4.87. The van der Waals surface area contributed by atoms with Gasteiger partial charge in [-0.3, -0.25) is 4.79 Å². The van der Waals surface area contributed by atoms with Gasteiger partial charge in [0.15, 0.2) is 0 Å². The fourth-order valence-electron chi connectivity index (χ4n) is 2.48. The molecule has 1 heterocycles. The van der Waals surface area contributed by atoms with Crippen molar-refractivity contribution in [1.29, 1.82) is 0 Å². The fraction of sp³-hybridized carbons (Fsp3) is 0.188. The van der Waals surface area contributed by atoms with E-state index in [0.29, 0.717) is 13.0 Å². The minimum Gasteiger partial charge on any atom is -0.507 e. The Bertz CT molecular complexity index is 663. The van der Waals surface area contributed by atoms with Crippen molar-refractivity contribution in [3.63, 3.8) is 0 Å². The number of rotatable bonds is 2. The second kappa shape index (κ2) is 5.36. The van der Waals surface area contributed by atoms with Gasteiger partial charge in [-0.2, -0.15) is 0 Å². The van der Waals surface area contributed by atoms with E-state index in [1.54, 1.807) is 0 Å². The predicted molar refractivity (Wildman–Crippen MR) is 76.5 cm³/mol. The smallest absolute Gasteiger partial charge is 0.259 e. The third-order valence-corrected chi connectivity index (χ3v) is 3.51. The molecule has 5 nitrogen and oxygen atoms in total. The maximum atomic E-state index is 12.3. The summed E-state index contributed by atoms with van der Waals surface area (Å²) in [6.45, 7) is 0.509. The van der Waals surface area contributed by atoms with Crippen LogP contribution in [-0.2, 0) is 0 Å². The number of carbonyl (C=O) groups is 1. The Morgan fingerprint density at radius 2 is 1.81 bits per heavy atom. The summed E-state index contributed by atoms with van der Waals surface area (Å²) in [7, 11) is 0. The molecule has 0 bridgehead atoms. The number of fused-ring (bicyclic) bond motifs is 1. The van der Waals surface area contributed by atoms with Gasteiger partial charge in [0.1, 0.15) is 22.8 Å². The number of hydrogen-bond acceptors (Lipinski definition) is 4. The van der Waals surface area contributed by atoms with Crippen LogP contribution in [0, 0.1) is 0 Å². The molecule has 1 unspecified atom stereocenters. The molecule has 0 saturated carbocycles. The van der Waals surface area contributed by atoms with Crippen LogP contribution in [0.5, 0.6) is 17.2 Å². The first-order valence-electron chi connectivity index (χ1n) is 6.70. The Morgan fingerprint density at radius 1 is 1.10 bits per heavy atom. The molecule has 0 spiro atoms. The van der Waals surface area contributed by atoms with Crippen molar-refractivity contribution < 1.29 is 19.7 Å². The van der Waals surface area contributed by atoms with Crippen molar-refractivity contribution in [2.75, 3.05) is 6.61 Å². The van der Waals surface area contributed by atoms with E-state index in [1.165, 1.54) is 18.2 Å². The largest absolute Gasteiger partial charge is 0.507 e. The zero-order valence-corrected chi connectivity index (χ0v) is 11.2. The van der Waals surface area contributed by atoms with E-state index in [2.05, 4.69) is 5.32 Å². The van der Waals surface area contributed by atoms with Crippen LogP contribution >= 0.6 is 0 Å². The molecule has 0 fully saturated rings. The molecule has 3 rings (SSSR count). The summed E-state index contributed by atoms with van der Waals surface area (Å²) in [6.07, 6.45) is 0.636. The zero-order chi connectivity index (χ0) is 14.8. The molecule has 1 amide bonds. The second-order valence-electron chi connectivity index (χ2n) is 4.87. The summed E-state index contributed by atoms with van der Waals surface area (Å²) >= 11 is 0. The van der Waals surface area contributed by atoms with E-state index in [1.807, 2.05) is 24.3 Å². The number of nitrogens with one attached hydrogen (secondary N) is 1. The molecule has 1 atom stereocenters. The predicted octanol–water partition coefficient (Wildman–Crippen LogP) is 2.35. The highest BCUT2D eigenvalue weighted by Crippen LogP contribution is 2.33. The van der Waals surface area contributed by atoms with Gasteiger partial charge >= 0.3 is 0 Å². The van der Waals surface area contributed by atoms with Crippen LogP contribution in [0.4, 0.5) is 0 Å². The molecule has 21 heavy (non-hydrogen) atoms. The lowest BCUT2D eigenvalue weighted by atomic mass is 10.00. The number of carbonyl (C=O) groups excluding carboxylic acids is 1. The lowest BCUT2D eigenvalue weighted by Gasteiger charge is -2.26. The Labute approximate surface area is 121 Å². The van der Waals surface area contributed by atoms with Crippen LogP contribution in [0.15, 0.2) is 42.5 Å². The summed E-state index contributed by atoms with van der Waals surface area (Å²) < 4.78 is 5.54. The third-order valence-electron chi connectivity index (χ3n) is 3.51. The minimum absolute atomic E-state index is 0.110. The zero-order valence-electron chi connectivity index (χ0n) is 11.2. The van der Waals surface area contributed by atoms with Gasteiger partial charge in [-0.1, -0.05) is 24.3 Å². The van der Waals surface area contributed by atoms with E-state index in [0.717, 1.165) is 11.3 Å². The van der Waals surface area contributed by atoms with Crippen molar-refractivity contribution in [2.45, 2.75) is 12.5 Å². The Hall–Kier alpha value is -2.69. The molecule has 0 saturated heterocycles. The van der Waals surface area contributed by atoms with Crippen LogP contribution in [0.25, 0.3) is 0 Å². The number of ether oxygens (including phenoxy) is 1. The first kappa shape index (κ1) is 13.3. The van der Waals surface area contributed by atoms with E-state index in [9.17, 15) is 15.0 Å². The van der Waals surface area contributed by atoms with E-state index in [4.69, 9.17) is 4.74 Å². The van der Waals surface area contributed by atoms with Gasteiger partial charge in [0.25, 0.3) is 5.91 Å². The maximum Gasteiger partial charge on any atom is 0.259 e. The third kappa shape index (κ3) is 2.50. The van der Waals surface area contributed by atoms with Crippen LogP contribution in [0.2, 0.25) is 0 Å². The van der Waals surface area contributed by atoms with Crippen LogP contribution in [0.1, 0.15) is 28.4 Å². The molecule has 108 valence electrons. The Kier molecular flexibility index (Phi) is 3.39. The summed E-state index contributed by atoms with van der Waals surface area (Å²) in [5.41, 5.74) is 0.786. The highest BCUT2D eigenvalue weighted by atomic mass is 16.5. The molecular formula is C16H15NO4. The summed E-state index contributed by atoms with van der Waals surface area (Å²) in [6, 6.07) is 11.5. The Morgan fingerprint density at radius 3 is 2.57 bits per heavy atom.